The number of hydrogen-bond acceptors (Lipinski definition) is 2. The molecule has 0 bridgehead atoms. The Bertz CT molecular complexity index is 485. The van der Waals surface area contributed by atoms with Crippen LogP contribution in [0.2, 0.25) is 0 Å². The quantitative estimate of drug-likeness (QED) is 0.837. The van der Waals surface area contributed by atoms with Crippen LogP contribution in [-0.2, 0) is 11.2 Å². The average Bonchev–Trinajstić information content (AvgIpc) is 2.74. The van der Waals surface area contributed by atoms with Gasteiger partial charge in [-0.1, -0.05) is 25.1 Å². The monoisotopic (exact) mass is 258 g/mol. The van der Waals surface area contributed by atoms with Crippen molar-refractivity contribution in [3.8, 4) is 0 Å². The second-order valence-corrected chi connectivity index (χ2v) is 6.09. The Kier molecular flexibility index (Phi) is 3.31. The van der Waals surface area contributed by atoms with E-state index in [0.717, 1.165) is 31.6 Å². The third kappa shape index (κ3) is 2.27. The third-order valence-electron chi connectivity index (χ3n) is 4.36. The van der Waals surface area contributed by atoms with Crippen molar-refractivity contribution < 1.29 is 4.79 Å². The SMILES string of the molecule is CC1CNCC(C(=O)N2c3ccccc3CC2C)C1. The van der Waals surface area contributed by atoms with E-state index < -0.39 is 0 Å². The van der Waals surface area contributed by atoms with Gasteiger partial charge in [0.15, 0.2) is 0 Å². The first-order chi connectivity index (χ1) is 9.16. The standard InChI is InChI=1S/C16H22N2O/c1-11-7-14(10-17-9-11)16(19)18-12(2)8-13-5-3-4-6-15(13)18/h3-6,11-12,14,17H,7-10H2,1-2H3. The second kappa shape index (κ2) is 4.97. The molecular weight excluding hydrogens is 236 g/mol. The topological polar surface area (TPSA) is 32.3 Å². The molecule has 1 saturated heterocycles. The lowest BCUT2D eigenvalue weighted by molar-refractivity contribution is -0.123. The number of nitrogens with one attached hydrogen (secondary N) is 1. The molecule has 102 valence electrons. The summed E-state index contributed by atoms with van der Waals surface area (Å²) in [6.45, 7) is 6.23. The first kappa shape index (κ1) is 12.7. The zero-order valence-electron chi connectivity index (χ0n) is 11.7. The number of benzene rings is 1. The van der Waals surface area contributed by atoms with Crippen LogP contribution in [0.1, 0.15) is 25.8 Å². The van der Waals surface area contributed by atoms with Crippen molar-refractivity contribution in [1.82, 2.24) is 5.32 Å². The number of rotatable bonds is 1. The van der Waals surface area contributed by atoms with Crippen LogP contribution < -0.4 is 10.2 Å². The van der Waals surface area contributed by atoms with E-state index in [0.29, 0.717) is 17.9 Å². The Labute approximate surface area is 115 Å². The predicted molar refractivity (Wildman–Crippen MR) is 77.2 cm³/mol. The van der Waals surface area contributed by atoms with Gasteiger partial charge in [-0.3, -0.25) is 4.79 Å². The number of amides is 1. The van der Waals surface area contributed by atoms with Crippen LogP contribution >= 0.6 is 0 Å². The van der Waals surface area contributed by atoms with E-state index in [1.165, 1.54) is 5.56 Å². The third-order valence-corrected chi connectivity index (χ3v) is 4.36. The van der Waals surface area contributed by atoms with E-state index in [1.807, 2.05) is 11.0 Å². The van der Waals surface area contributed by atoms with Gasteiger partial charge in [0.1, 0.15) is 0 Å². The number of hydrogen-bond donors (Lipinski definition) is 1. The smallest absolute Gasteiger partial charge is 0.231 e. The van der Waals surface area contributed by atoms with Gasteiger partial charge in [0, 0.05) is 18.3 Å². The second-order valence-electron chi connectivity index (χ2n) is 6.09. The predicted octanol–water partition coefficient (Wildman–Crippen LogP) is 2.21. The van der Waals surface area contributed by atoms with Gasteiger partial charge in [0.25, 0.3) is 0 Å². The fourth-order valence-electron chi connectivity index (χ4n) is 3.44. The summed E-state index contributed by atoms with van der Waals surface area (Å²) in [5.41, 5.74) is 2.43. The number of fused-ring (bicyclic) bond motifs is 1. The summed E-state index contributed by atoms with van der Waals surface area (Å²) >= 11 is 0. The van der Waals surface area contributed by atoms with Gasteiger partial charge in [-0.2, -0.15) is 0 Å². The molecule has 0 aliphatic carbocycles. The Balaban J connectivity index is 1.83. The first-order valence-electron chi connectivity index (χ1n) is 7.28. The first-order valence-corrected chi connectivity index (χ1v) is 7.28. The van der Waals surface area contributed by atoms with Crippen molar-refractivity contribution in [3.63, 3.8) is 0 Å². The number of nitrogens with zero attached hydrogens (tertiary/aromatic N) is 1. The van der Waals surface area contributed by atoms with Crippen LogP contribution in [0.5, 0.6) is 0 Å². The van der Waals surface area contributed by atoms with Crippen LogP contribution in [0, 0.1) is 11.8 Å². The number of carbonyl (C=O) groups is 1. The highest BCUT2D eigenvalue weighted by atomic mass is 16.2. The number of carbonyl (C=O) groups excluding carboxylic acids is 1. The van der Waals surface area contributed by atoms with Crippen LogP contribution in [0.15, 0.2) is 24.3 Å². The molecule has 1 N–H and O–H groups in total. The molecule has 3 nitrogen and oxygen atoms in total. The Hall–Kier alpha value is -1.35. The Morgan fingerprint density at radius 2 is 2.05 bits per heavy atom. The molecule has 1 aromatic rings. The van der Waals surface area contributed by atoms with Crippen molar-refractivity contribution in [1.29, 1.82) is 0 Å². The molecular formula is C16H22N2O. The number of anilines is 1. The van der Waals surface area contributed by atoms with Gasteiger partial charge in [-0.05, 0) is 43.9 Å². The van der Waals surface area contributed by atoms with E-state index in [9.17, 15) is 4.79 Å². The molecule has 0 saturated carbocycles. The van der Waals surface area contributed by atoms with Gasteiger partial charge in [-0.25, -0.2) is 0 Å². The highest BCUT2D eigenvalue weighted by Crippen LogP contribution is 2.34. The minimum Gasteiger partial charge on any atom is -0.316 e. The molecule has 0 aromatic heterocycles. The van der Waals surface area contributed by atoms with E-state index >= 15 is 0 Å². The Morgan fingerprint density at radius 1 is 1.26 bits per heavy atom. The molecule has 1 amide bonds. The van der Waals surface area contributed by atoms with Gasteiger partial charge < -0.3 is 10.2 Å². The summed E-state index contributed by atoms with van der Waals surface area (Å²) in [6.07, 6.45) is 1.99. The minimum atomic E-state index is 0.136. The van der Waals surface area contributed by atoms with E-state index in [4.69, 9.17) is 0 Å². The van der Waals surface area contributed by atoms with Gasteiger partial charge in [0.2, 0.25) is 5.91 Å². The van der Waals surface area contributed by atoms with Gasteiger partial charge in [-0.15, -0.1) is 0 Å². The zero-order valence-corrected chi connectivity index (χ0v) is 11.7. The maximum atomic E-state index is 12.8. The van der Waals surface area contributed by atoms with Crippen LogP contribution in [-0.4, -0.2) is 25.0 Å². The summed E-state index contributed by atoms with van der Waals surface area (Å²) in [7, 11) is 0. The molecule has 3 unspecified atom stereocenters. The molecule has 19 heavy (non-hydrogen) atoms. The highest BCUT2D eigenvalue weighted by molar-refractivity contribution is 5.97. The lowest BCUT2D eigenvalue weighted by Gasteiger charge is -2.32. The molecule has 3 atom stereocenters. The Morgan fingerprint density at radius 3 is 2.84 bits per heavy atom. The lowest BCUT2D eigenvalue weighted by Crippen LogP contribution is -2.47. The van der Waals surface area contributed by atoms with Crippen LogP contribution in [0.3, 0.4) is 0 Å². The van der Waals surface area contributed by atoms with Gasteiger partial charge >= 0.3 is 0 Å². The van der Waals surface area contributed by atoms with Crippen molar-refractivity contribution in [3.05, 3.63) is 29.8 Å². The summed E-state index contributed by atoms with van der Waals surface area (Å²) in [4.78, 5) is 14.8. The molecule has 3 heteroatoms. The molecule has 2 aliphatic heterocycles. The molecule has 0 spiro atoms. The van der Waals surface area contributed by atoms with E-state index in [2.05, 4.69) is 37.4 Å². The lowest BCUT2D eigenvalue weighted by atomic mass is 9.90. The summed E-state index contributed by atoms with van der Waals surface area (Å²) in [5, 5.41) is 3.38. The number of para-hydroxylation sites is 1. The maximum absolute atomic E-state index is 12.8. The largest absolute Gasteiger partial charge is 0.316 e. The molecule has 1 aromatic carbocycles. The van der Waals surface area contributed by atoms with Crippen LogP contribution in [0.25, 0.3) is 0 Å². The van der Waals surface area contributed by atoms with E-state index in [1.54, 1.807) is 0 Å². The van der Waals surface area contributed by atoms with Crippen molar-refractivity contribution >= 4 is 11.6 Å². The van der Waals surface area contributed by atoms with E-state index in [-0.39, 0.29) is 5.92 Å². The van der Waals surface area contributed by atoms with Crippen molar-refractivity contribution in [2.75, 3.05) is 18.0 Å². The normalized spacial score (nSPS) is 30.2. The molecule has 2 heterocycles. The fraction of sp³-hybridized carbons (Fsp3) is 0.562. The van der Waals surface area contributed by atoms with Gasteiger partial charge in [0.05, 0.1) is 5.92 Å². The van der Waals surface area contributed by atoms with Crippen LogP contribution in [0.4, 0.5) is 5.69 Å². The molecule has 0 radical (unpaired) electrons. The molecule has 3 rings (SSSR count). The highest BCUT2D eigenvalue weighted by Gasteiger charge is 2.35. The van der Waals surface area contributed by atoms with Crippen molar-refractivity contribution in [2.24, 2.45) is 11.8 Å². The summed E-state index contributed by atoms with van der Waals surface area (Å²) < 4.78 is 0. The maximum Gasteiger partial charge on any atom is 0.231 e. The summed E-state index contributed by atoms with van der Waals surface area (Å²) in [6, 6.07) is 8.60. The zero-order chi connectivity index (χ0) is 13.4. The average molecular weight is 258 g/mol. The fourth-order valence-corrected chi connectivity index (χ4v) is 3.44. The molecule has 2 aliphatic rings. The number of piperidine rings is 1. The molecule has 1 fully saturated rings. The minimum absolute atomic E-state index is 0.136. The van der Waals surface area contributed by atoms with Crippen molar-refractivity contribution in [2.45, 2.75) is 32.7 Å². The summed E-state index contributed by atoms with van der Waals surface area (Å²) in [5.74, 6) is 1.03.